The van der Waals surface area contributed by atoms with E-state index in [1.54, 1.807) is 6.92 Å². The first kappa shape index (κ1) is 21.5. The Hall–Kier alpha value is -3.24. The maximum absolute atomic E-state index is 13.9. The average molecular weight is 426 g/mol. The van der Waals surface area contributed by atoms with Crippen LogP contribution in [0.2, 0.25) is 0 Å². The minimum Gasteiger partial charge on any atom is -0.466 e. The summed E-state index contributed by atoms with van der Waals surface area (Å²) in [6.45, 7) is -0.107. The predicted molar refractivity (Wildman–Crippen MR) is 97.2 cm³/mol. The maximum atomic E-state index is 13.9. The van der Waals surface area contributed by atoms with Crippen LogP contribution < -0.4 is 15.4 Å². The molecule has 11 heteroatoms. The van der Waals surface area contributed by atoms with Crippen molar-refractivity contribution in [2.45, 2.75) is 32.5 Å². The van der Waals surface area contributed by atoms with E-state index < -0.39 is 30.4 Å². The molecule has 0 unspecified atom stereocenters. The molecule has 1 aliphatic rings. The van der Waals surface area contributed by atoms with Crippen molar-refractivity contribution in [1.82, 2.24) is 15.3 Å². The minimum absolute atomic E-state index is 0.0185. The van der Waals surface area contributed by atoms with Gasteiger partial charge < -0.3 is 15.4 Å². The Kier molecular flexibility index (Phi) is 6.18. The average Bonchev–Trinajstić information content (AvgIpc) is 3.49. The number of rotatable bonds is 7. The highest BCUT2D eigenvalue weighted by Crippen LogP contribution is 2.30. The van der Waals surface area contributed by atoms with Gasteiger partial charge in [-0.2, -0.15) is 13.2 Å². The Labute approximate surface area is 168 Å². The van der Waals surface area contributed by atoms with Crippen LogP contribution in [-0.2, 0) is 11.3 Å². The number of nitrogens with one attached hydrogen (secondary N) is 2. The molecule has 0 spiro atoms. The summed E-state index contributed by atoms with van der Waals surface area (Å²) in [5.41, 5.74) is 0.994. The minimum atomic E-state index is -4.61. The Morgan fingerprint density at radius 3 is 2.60 bits per heavy atom. The van der Waals surface area contributed by atoms with E-state index in [2.05, 4.69) is 25.3 Å². The normalized spacial score (nSPS) is 13.6. The summed E-state index contributed by atoms with van der Waals surface area (Å²) in [7, 11) is 0. The Morgan fingerprint density at radius 1 is 1.23 bits per heavy atom. The number of ether oxygens (including phenoxy) is 1. The molecule has 1 fully saturated rings. The molecule has 0 aliphatic heterocycles. The molecule has 2 aromatic rings. The first-order valence-corrected chi connectivity index (χ1v) is 9.02. The molecule has 160 valence electrons. The van der Waals surface area contributed by atoms with Gasteiger partial charge in [0.2, 0.25) is 5.91 Å². The summed E-state index contributed by atoms with van der Waals surface area (Å²) in [5, 5.41) is 5.22. The highest BCUT2D eigenvalue weighted by molar-refractivity contribution is 5.97. The van der Waals surface area contributed by atoms with Crippen LogP contribution in [0.5, 0.6) is 5.88 Å². The molecular weight excluding hydrogens is 408 g/mol. The molecule has 2 heterocycles. The number of pyridine rings is 2. The fourth-order valence-electron chi connectivity index (χ4n) is 2.54. The monoisotopic (exact) mass is 426 g/mol. The third-order valence-electron chi connectivity index (χ3n) is 4.10. The lowest BCUT2D eigenvalue weighted by Crippen LogP contribution is -2.24. The number of nitrogens with zero attached hydrogens (tertiary/aromatic N) is 2. The van der Waals surface area contributed by atoms with Gasteiger partial charge >= 0.3 is 6.18 Å². The van der Waals surface area contributed by atoms with Gasteiger partial charge in [-0.15, -0.1) is 0 Å². The number of hydrogen-bond donors (Lipinski definition) is 2. The molecule has 1 saturated carbocycles. The van der Waals surface area contributed by atoms with Gasteiger partial charge in [0.15, 0.2) is 12.4 Å². The number of alkyl halides is 3. The molecule has 1 aliphatic carbocycles. The number of halogens is 4. The van der Waals surface area contributed by atoms with E-state index in [1.807, 2.05) is 0 Å². The highest BCUT2D eigenvalue weighted by atomic mass is 19.4. The molecule has 0 saturated heterocycles. The van der Waals surface area contributed by atoms with Gasteiger partial charge in [-0.05, 0) is 43.5 Å². The first-order valence-electron chi connectivity index (χ1n) is 9.02. The van der Waals surface area contributed by atoms with Gasteiger partial charge in [-0.1, -0.05) is 0 Å². The molecule has 2 N–H and O–H groups in total. The number of carbonyl (C=O) groups is 2. The van der Waals surface area contributed by atoms with Crippen LogP contribution in [0.25, 0.3) is 0 Å². The summed E-state index contributed by atoms with van der Waals surface area (Å²) in [5.74, 6) is -2.25. The lowest BCUT2D eigenvalue weighted by atomic mass is 10.2. The Balaban J connectivity index is 1.60. The Bertz CT molecular complexity index is 961. The summed E-state index contributed by atoms with van der Waals surface area (Å²) in [6, 6.07) is 3.88. The standard InChI is InChI=1S/C19H18F4N4O3/c1-10-4-13(6-15(26-10)27-17(29)12-2-3-12)16(28)24-7-11-5-14(20)18(25-8-11)30-9-19(21,22)23/h4-6,8,12H,2-3,7,9H2,1H3,(H,24,28)(H,26,27,29). The van der Waals surface area contributed by atoms with Crippen LogP contribution in [0.4, 0.5) is 23.4 Å². The van der Waals surface area contributed by atoms with Crippen LogP contribution in [0.1, 0.15) is 34.5 Å². The van der Waals surface area contributed by atoms with Gasteiger partial charge in [-0.3, -0.25) is 9.59 Å². The zero-order chi connectivity index (χ0) is 21.9. The number of anilines is 1. The third-order valence-corrected chi connectivity index (χ3v) is 4.10. The lowest BCUT2D eigenvalue weighted by Gasteiger charge is -2.11. The summed E-state index contributed by atoms with van der Waals surface area (Å²) >= 11 is 0. The van der Waals surface area contributed by atoms with Gasteiger partial charge in [0, 0.05) is 29.9 Å². The van der Waals surface area contributed by atoms with Crippen molar-refractivity contribution in [3.8, 4) is 5.88 Å². The molecule has 3 rings (SSSR count). The molecule has 7 nitrogen and oxygen atoms in total. The highest BCUT2D eigenvalue weighted by Gasteiger charge is 2.30. The van der Waals surface area contributed by atoms with Crippen molar-refractivity contribution >= 4 is 17.6 Å². The Morgan fingerprint density at radius 2 is 1.97 bits per heavy atom. The molecule has 0 radical (unpaired) electrons. The number of amides is 2. The van der Waals surface area contributed by atoms with E-state index in [1.165, 1.54) is 12.1 Å². The lowest BCUT2D eigenvalue weighted by molar-refractivity contribution is -0.154. The quantitative estimate of drug-likeness (QED) is 0.664. The van der Waals surface area contributed by atoms with E-state index >= 15 is 0 Å². The summed E-state index contributed by atoms with van der Waals surface area (Å²) in [6.07, 6.45) is -1.85. The molecule has 0 aromatic carbocycles. The van der Waals surface area contributed by atoms with E-state index in [4.69, 9.17) is 0 Å². The van der Waals surface area contributed by atoms with Crippen molar-refractivity contribution in [2.24, 2.45) is 5.92 Å². The van der Waals surface area contributed by atoms with E-state index in [0.717, 1.165) is 25.1 Å². The molecule has 2 amide bonds. The zero-order valence-corrected chi connectivity index (χ0v) is 15.8. The molecular formula is C19H18F4N4O3. The second-order valence-electron chi connectivity index (χ2n) is 6.86. The van der Waals surface area contributed by atoms with Crippen molar-refractivity contribution in [2.75, 3.05) is 11.9 Å². The number of hydrogen-bond acceptors (Lipinski definition) is 5. The van der Waals surface area contributed by atoms with E-state index in [-0.39, 0.29) is 35.3 Å². The fraction of sp³-hybridized carbons (Fsp3) is 0.368. The predicted octanol–water partition coefficient (Wildman–Crippen LogP) is 3.14. The van der Waals surface area contributed by atoms with Gasteiger partial charge in [0.25, 0.3) is 11.8 Å². The van der Waals surface area contributed by atoms with Gasteiger partial charge in [-0.25, -0.2) is 14.4 Å². The third kappa shape index (κ3) is 6.13. The van der Waals surface area contributed by atoms with Crippen LogP contribution in [0, 0.1) is 18.7 Å². The fourth-order valence-corrected chi connectivity index (χ4v) is 2.54. The van der Waals surface area contributed by atoms with E-state index in [0.29, 0.717) is 5.69 Å². The summed E-state index contributed by atoms with van der Waals surface area (Å²) in [4.78, 5) is 32.0. The molecule has 0 bridgehead atoms. The topological polar surface area (TPSA) is 93.2 Å². The summed E-state index contributed by atoms with van der Waals surface area (Å²) < 4.78 is 54.6. The zero-order valence-electron chi connectivity index (χ0n) is 15.8. The van der Waals surface area contributed by atoms with Crippen LogP contribution in [0.3, 0.4) is 0 Å². The second-order valence-corrected chi connectivity index (χ2v) is 6.86. The van der Waals surface area contributed by atoms with Crippen LogP contribution in [0.15, 0.2) is 24.4 Å². The van der Waals surface area contributed by atoms with Crippen molar-refractivity contribution in [1.29, 1.82) is 0 Å². The smallest absolute Gasteiger partial charge is 0.422 e. The number of aromatic nitrogens is 2. The van der Waals surface area contributed by atoms with Gasteiger partial charge in [0.05, 0.1) is 0 Å². The first-order chi connectivity index (χ1) is 14.1. The maximum Gasteiger partial charge on any atom is 0.422 e. The van der Waals surface area contributed by atoms with Crippen molar-refractivity contribution in [3.05, 3.63) is 47.0 Å². The molecule has 30 heavy (non-hydrogen) atoms. The molecule has 2 aromatic heterocycles. The van der Waals surface area contributed by atoms with E-state index in [9.17, 15) is 27.2 Å². The van der Waals surface area contributed by atoms with Gasteiger partial charge in [0.1, 0.15) is 5.82 Å². The SMILES string of the molecule is Cc1cc(C(=O)NCc2cnc(OCC(F)(F)F)c(F)c2)cc(NC(=O)C2CC2)n1. The van der Waals surface area contributed by atoms with Crippen molar-refractivity contribution in [3.63, 3.8) is 0 Å². The van der Waals surface area contributed by atoms with Crippen LogP contribution in [-0.4, -0.2) is 34.6 Å². The number of carbonyl (C=O) groups excluding carboxylic acids is 2. The van der Waals surface area contributed by atoms with Crippen LogP contribution >= 0.6 is 0 Å². The largest absolute Gasteiger partial charge is 0.466 e. The number of aryl methyl sites for hydroxylation is 1. The second kappa shape index (κ2) is 8.64. The molecule has 0 atom stereocenters. The van der Waals surface area contributed by atoms with Crippen molar-refractivity contribution < 1.29 is 31.9 Å².